The fourth-order valence-corrected chi connectivity index (χ4v) is 0.994. The molecule has 1 aromatic rings. The Morgan fingerprint density at radius 1 is 1.73 bits per heavy atom. The quantitative estimate of drug-likeness (QED) is 0.678. The van der Waals surface area contributed by atoms with Crippen LogP contribution in [0.3, 0.4) is 0 Å². The summed E-state index contributed by atoms with van der Waals surface area (Å²) in [6.07, 6.45) is 1.50. The van der Waals surface area contributed by atoms with Crippen LogP contribution in [0.25, 0.3) is 0 Å². The number of pyridine rings is 1. The molecular formula is C7H5FN2S. The molecule has 0 aromatic carbocycles. The van der Waals surface area contributed by atoms with Gasteiger partial charge >= 0.3 is 0 Å². The molecule has 56 valence electrons. The Hall–Kier alpha value is -1.08. The molecule has 0 fully saturated rings. The van der Waals surface area contributed by atoms with E-state index in [1.807, 2.05) is 6.07 Å². The number of aromatic nitrogens is 1. The SMILES string of the molecule is N#Cc1cc(CSF)ccn1. The third kappa shape index (κ3) is 2.20. The summed E-state index contributed by atoms with van der Waals surface area (Å²) >= 11 is 0.237. The van der Waals surface area contributed by atoms with Gasteiger partial charge in [0.1, 0.15) is 11.8 Å². The summed E-state index contributed by atoms with van der Waals surface area (Å²) in [5.41, 5.74) is 1.11. The van der Waals surface area contributed by atoms with E-state index in [2.05, 4.69) is 4.98 Å². The number of hydrogen-bond acceptors (Lipinski definition) is 3. The molecule has 0 spiro atoms. The maximum absolute atomic E-state index is 11.7. The van der Waals surface area contributed by atoms with Crippen molar-refractivity contribution in [1.82, 2.24) is 4.98 Å². The van der Waals surface area contributed by atoms with Crippen LogP contribution >= 0.6 is 12.1 Å². The van der Waals surface area contributed by atoms with Gasteiger partial charge in [0.15, 0.2) is 0 Å². The Bertz CT molecular complexity index is 282. The van der Waals surface area contributed by atoms with Crippen LogP contribution in [0, 0.1) is 11.3 Å². The van der Waals surface area contributed by atoms with Gasteiger partial charge < -0.3 is 0 Å². The van der Waals surface area contributed by atoms with Crippen molar-refractivity contribution in [2.45, 2.75) is 5.75 Å². The third-order valence-electron chi connectivity index (χ3n) is 1.16. The van der Waals surface area contributed by atoms with Gasteiger partial charge in [0.05, 0.1) is 5.75 Å². The molecule has 0 amide bonds. The van der Waals surface area contributed by atoms with Crippen molar-refractivity contribution in [3.05, 3.63) is 29.6 Å². The van der Waals surface area contributed by atoms with Crippen molar-refractivity contribution in [2.24, 2.45) is 0 Å². The van der Waals surface area contributed by atoms with Crippen LogP contribution in [0.5, 0.6) is 0 Å². The predicted molar refractivity (Wildman–Crippen MR) is 41.4 cm³/mol. The second-order valence-corrected chi connectivity index (χ2v) is 2.42. The first-order valence-electron chi connectivity index (χ1n) is 2.95. The van der Waals surface area contributed by atoms with Gasteiger partial charge in [-0.2, -0.15) is 9.15 Å². The summed E-state index contributed by atoms with van der Waals surface area (Å²) in [5.74, 6) is 0.275. The number of hydrogen-bond donors (Lipinski definition) is 0. The molecule has 1 aromatic heterocycles. The minimum Gasteiger partial charge on any atom is -0.246 e. The summed E-state index contributed by atoms with van der Waals surface area (Å²) in [6, 6.07) is 5.15. The fourth-order valence-electron chi connectivity index (χ4n) is 0.688. The Labute approximate surface area is 68.4 Å². The van der Waals surface area contributed by atoms with Crippen LogP contribution in [-0.2, 0) is 5.75 Å². The van der Waals surface area contributed by atoms with Gasteiger partial charge in [-0.25, -0.2) is 4.98 Å². The van der Waals surface area contributed by atoms with E-state index in [4.69, 9.17) is 5.26 Å². The summed E-state index contributed by atoms with van der Waals surface area (Å²) in [5, 5.41) is 8.42. The molecule has 0 saturated carbocycles. The van der Waals surface area contributed by atoms with E-state index in [0.717, 1.165) is 5.56 Å². The van der Waals surface area contributed by atoms with Crippen molar-refractivity contribution in [2.75, 3.05) is 0 Å². The molecule has 0 radical (unpaired) electrons. The molecule has 0 unspecified atom stereocenters. The summed E-state index contributed by atoms with van der Waals surface area (Å²) in [4.78, 5) is 3.75. The van der Waals surface area contributed by atoms with Crippen LogP contribution in [0.2, 0.25) is 0 Å². The minimum atomic E-state index is 0.237. The van der Waals surface area contributed by atoms with Crippen LogP contribution in [0.1, 0.15) is 11.3 Å². The normalized spacial score (nSPS) is 9.09. The second-order valence-electron chi connectivity index (χ2n) is 1.91. The van der Waals surface area contributed by atoms with Gasteiger partial charge in [-0.3, -0.25) is 0 Å². The van der Waals surface area contributed by atoms with Gasteiger partial charge in [-0.1, -0.05) is 0 Å². The van der Waals surface area contributed by atoms with E-state index in [1.165, 1.54) is 6.20 Å². The highest BCUT2D eigenvalue weighted by atomic mass is 32.2. The Balaban J connectivity index is 2.85. The molecule has 0 N–H and O–H groups in total. The van der Waals surface area contributed by atoms with E-state index in [-0.39, 0.29) is 17.9 Å². The molecule has 0 atom stereocenters. The molecule has 1 heterocycles. The molecular weight excluding hydrogens is 163 g/mol. The lowest BCUT2D eigenvalue weighted by molar-refractivity contribution is 0.932. The van der Waals surface area contributed by atoms with Crippen LogP contribution in [0.15, 0.2) is 18.3 Å². The van der Waals surface area contributed by atoms with Crippen molar-refractivity contribution >= 4 is 12.1 Å². The topological polar surface area (TPSA) is 36.7 Å². The number of nitrogens with zero attached hydrogens (tertiary/aromatic N) is 2. The highest BCUT2D eigenvalue weighted by Crippen LogP contribution is 2.12. The average Bonchev–Trinajstić information content (AvgIpc) is 2.06. The van der Waals surface area contributed by atoms with E-state index in [1.54, 1.807) is 12.1 Å². The van der Waals surface area contributed by atoms with Crippen molar-refractivity contribution < 1.29 is 3.89 Å². The van der Waals surface area contributed by atoms with Crippen LogP contribution in [0.4, 0.5) is 3.89 Å². The molecule has 1 rings (SSSR count). The first kappa shape index (κ1) is 8.02. The smallest absolute Gasteiger partial charge is 0.140 e. The molecule has 2 nitrogen and oxygen atoms in total. The molecule has 4 heteroatoms. The zero-order valence-corrected chi connectivity index (χ0v) is 6.44. The van der Waals surface area contributed by atoms with E-state index in [0.29, 0.717) is 5.69 Å². The standard InChI is InChI=1S/C7H5FN2S/c8-11-5-6-1-2-10-7(3-6)4-9/h1-3H,5H2. The summed E-state index contributed by atoms with van der Waals surface area (Å²) in [7, 11) is 0. The fraction of sp³-hybridized carbons (Fsp3) is 0.143. The highest BCUT2D eigenvalue weighted by molar-refractivity contribution is 7.93. The monoisotopic (exact) mass is 168 g/mol. The third-order valence-corrected chi connectivity index (χ3v) is 1.60. The number of nitriles is 1. The minimum absolute atomic E-state index is 0.237. The zero-order chi connectivity index (χ0) is 8.10. The number of halogens is 1. The Morgan fingerprint density at radius 2 is 2.55 bits per heavy atom. The Kier molecular flexibility index (Phi) is 2.87. The molecule has 0 aliphatic carbocycles. The lowest BCUT2D eigenvalue weighted by atomic mass is 10.2. The first-order valence-corrected chi connectivity index (χ1v) is 3.84. The molecule has 0 aliphatic heterocycles. The van der Waals surface area contributed by atoms with Crippen LogP contribution < -0.4 is 0 Å². The summed E-state index contributed by atoms with van der Waals surface area (Å²) in [6.45, 7) is 0. The van der Waals surface area contributed by atoms with E-state index < -0.39 is 0 Å². The first-order chi connectivity index (χ1) is 5.36. The van der Waals surface area contributed by atoms with Crippen molar-refractivity contribution in [3.8, 4) is 6.07 Å². The molecule has 0 saturated heterocycles. The van der Waals surface area contributed by atoms with Gasteiger partial charge in [-0.15, -0.1) is 0 Å². The zero-order valence-electron chi connectivity index (χ0n) is 5.62. The molecule has 0 bridgehead atoms. The molecule has 11 heavy (non-hydrogen) atoms. The lowest BCUT2D eigenvalue weighted by Crippen LogP contribution is -1.84. The predicted octanol–water partition coefficient (Wildman–Crippen LogP) is 2.07. The maximum Gasteiger partial charge on any atom is 0.140 e. The van der Waals surface area contributed by atoms with E-state index in [9.17, 15) is 3.89 Å². The maximum atomic E-state index is 11.7. The largest absolute Gasteiger partial charge is 0.246 e. The lowest BCUT2D eigenvalue weighted by Gasteiger charge is -1.93. The molecule has 0 aliphatic rings. The van der Waals surface area contributed by atoms with Crippen LogP contribution in [-0.4, -0.2) is 4.98 Å². The second kappa shape index (κ2) is 3.94. The van der Waals surface area contributed by atoms with Gasteiger partial charge in [0.25, 0.3) is 0 Å². The van der Waals surface area contributed by atoms with Gasteiger partial charge in [0.2, 0.25) is 0 Å². The Morgan fingerprint density at radius 3 is 3.18 bits per heavy atom. The van der Waals surface area contributed by atoms with Gasteiger partial charge in [0, 0.05) is 18.3 Å². The van der Waals surface area contributed by atoms with Crippen molar-refractivity contribution in [3.63, 3.8) is 0 Å². The van der Waals surface area contributed by atoms with Gasteiger partial charge in [-0.05, 0) is 17.7 Å². The average molecular weight is 168 g/mol. The van der Waals surface area contributed by atoms with Crippen molar-refractivity contribution in [1.29, 1.82) is 5.26 Å². The summed E-state index contributed by atoms with van der Waals surface area (Å²) < 4.78 is 11.7. The highest BCUT2D eigenvalue weighted by Gasteiger charge is 1.95. The van der Waals surface area contributed by atoms with E-state index >= 15 is 0 Å². The number of rotatable bonds is 2.